The van der Waals surface area contributed by atoms with Gasteiger partial charge < -0.3 is 9.88 Å². The molecule has 1 N–H and O–H groups in total. The van der Waals surface area contributed by atoms with Crippen molar-refractivity contribution in [2.45, 2.75) is 6.54 Å². The number of aromatic nitrogens is 3. The van der Waals surface area contributed by atoms with Gasteiger partial charge in [0.1, 0.15) is 5.82 Å². The Labute approximate surface area is 97.3 Å². The number of rotatable bonds is 3. The van der Waals surface area contributed by atoms with Gasteiger partial charge in [-0.25, -0.2) is 9.37 Å². The van der Waals surface area contributed by atoms with Crippen LogP contribution in [0.2, 0.25) is 0 Å². The second kappa shape index (κ2) is 4.73. The van der Waals surface area contributed by atoms with E-state index in [2.05, 4.69) is 15.3 Å². The number of carbonyl (C=O) groups excluding carboxylic acids is 1. The Morgan fingerprint density at radius 2 is 2.24 bits per heavy atom. The zero-order valence-corrected chi connectivity index (χ0v) is 9.22. The van der Waals surface area contributed by atoms with Gasteiger partial charge in [0.15, 0.2) is 0 Å². The maximum Gasteiger partial charge on any atom is 0.253 e. The van der Waals surface area contributed by atoms with E-state index in [4.69, 9.17) is 0 Å². The Morgan fingerprint density at radius 3 is 2.88 bits per heavy atom. The van der Waals surface area contributed by atoms with E-state index in [-0.39, 0.29) is 11.5 Å². The highest BCUT2D eigenvalue weighted by Crippen LogP contribution is 2.02. The van der Waals surface area contributed by atoms with Crippen LogP contribution in [-0.2, 0) is 13.6 Å². The Bertz CT molecular complexity index is 538. The van der Waals surface area contributed by atoms with Gasteiger partial charge in [-0.3, -0.25) is 9.78 Å². The van der Waals surface area contributed by atoms with Crippen LogP contribution in [0.4, 0.5) is 4.39 Å². The molecule has 5 nitrogen and oxygen atoms in total. The van der Waals surface area contributed by atoms with Gasteiger partial charge in [-0.15, -0.1) is 0 Å². The molecule has 0 spiro atoms. The van der Waals surface area contributed by atoms with Gasteiger partial charge in [-0.2, -0.15) is 0 Å². The molecule has 0 aromatic carbocycles. The van der Waals surface area contributed by atoms with Crippen molar-refractivity contribution in [2.24, 2.45) is 7.05 Å². The average Bonchev–Trinajstić information content (AvgIpc) is 2.72. The number of nitrogens with zero attached hydrogens (tertiary/aromatic N) is 3. The van der Waals surface area contributed by atoms with E-state index in [9.17, 15) is 9.18 Å². The fourth-order valence-electron chi connectivity index (χ4n) is 1.36. The topological polar surface area (TPSA) is 59.8 Å². The molecule has 0 aliphatic rings. The predicted molar refractivity (Wildman–Crippen MR) is 58.6 cm³/mol. The average molecular weight is 234 g/mol. The molecule has 0 radical (unpaired) electrons. The summed E-state index contributed by atoms with van der Waals surface area (Å²) in [6.07, 6.45) is 5.68. The smallest absolute Gasteiger partial charge is 0.253 e. The minimum atomic E-state index is -0.529. The highest BCUT2D eigenvalue weighted by atomic mass is 19.1. The highest BCUT2D eigenvalue weighted by molar-refractivity contribution is 5.93. The number of nitrogens with one attached hydrogen (secondary N) is 1. The number of imidazole rings is 1. The van der Waals surface area contributed by atoms with E-state index in [1.54, 1.807) is 17.1 Å². The Hall–Kier alpha value is -2.24. The summed E-state index contributed by atoms with van der Waals surface area (Å²) in [6, 6.07) is 1.14. The quantitative estimate of drug-likeness (QED) is 0.857. The number of hydrogen-bond acceptors (Lipinski definition) is 3. The summed E-state index contributed by atoms with van der Waals surface area (Å²) in [5.41, 5.74) is 1.06. The first-order chi connectivity index (χ1) is 8.16. The fourth-order valence-corrected chi connectivity index (χ4v) is 1.36. The van der Waals surface area contributed by atoms with Crippen molar-refractivity contribution in [3.8, 4) is 0 Å². The van der Waals surface area contributed by atoms with Crippen molar-refractivity contribution in [3.05, 3.63) is 48.1 Å². The first-order valence-electron chi connectivity index (χ1n) is 5.01. The minimum absolute atomic E-state index is 0.201. The molecule has 6 heteroatoms. The van der Waals surface area contributed by atoms with E-state index in [0.717, 1.165) is 18.0 Å². The molecule has 2 aromatic heterocycles. The lowest BCUT2D eigenvalue weighted by molar-refractivity contribution is 0.0949. The lowest BCUT2D eigenvalue weighted by atomic mass is 10.2. The lowest BCUT2D eigenvalue weighted by Gasteiger charge is -2.05. The van der Waals surface area contributed by atoms with E-state index >= 15 is 0 Å². The van der Waals surface area contributed by atoms with Crippen LogP contribution in [-0.4, -0.2) is 20.4 Å². The van der Waals surface area contributed by atoms with Crippen molar-refractivity contribution in [1.82, 2.24) is 19.9 Å². The predicted octanol–water partition coefficient (Wildman–Crippen LogP) is 0.884. The van der Waals surface area contributed by atoms with Crippen molar-refractivity contribution in [1.29, 1.82) is 0 Å². The largest absolute Gasteiger partial charge is 0.346 e. The first-order valence-corrected chi connectivity index (χ1v) is 5.01. The standard InChI is InChI=1S/C11H11FN4O/c1-16-7-14-5-10(16)6-15-11(17)8-2-9(12)4-13-3-8/h2-5,7H,6H2,1H3,(H,15,17). The summed E-state index contributed by atoms with van der Waals surface area (Å²) in [5.74, 6) is -0.892. The molecule has 0 fully saturated rings. The second-order valence-electron chi connectivity index (χ2n) is 3.57. The fraction of sp³-hybridized carbons (Fsp3) is 0.182. The number of carbonyl (C=O) groups is 1. The van der Waals surface area contributed by atoms with Crippen molar-refractivity contribution in [3.63, 3.8) is 0 Å². The number of pyridine rings is 1. The number of amides is 1. The van der Waals surface area contributed by atoms with Crippen LogP contribution in [0.5, 0.6) is 0 Å². The minimum Gasteiger partial charge on any atom is -0.346 e. The normalized spacial score (nSPS) is 10.2. The molecule has 2 heterocycles. The third kappa shape index (κ3) is 2.66. The molecule has 0 atom stereocenters. The van der Waals surface area contributed by atoms with Crippen LogP contribution in [0.1, 0.15) is 16.1 Å². The van der Waals surface area contributed by atoms with Crippen LogP contribution in [0.25, 0.3) is 0 Å². The van der Waals surface area contributed by atoms with E-state index in [1.807, 2.05) is 7.05 Å². The third-order valence-electron chi connectivity index (χ3n) is 2.31. The zero-order valence-electron chi connectivity index (χ0n) is 9.22. The summed E-state index contributed by atoms with van der Waals surface area (Å²) >= 11 is 0. The van der Waals surface area contributed by atoms with Crippen LogP contribution < -0.4 is 5.32 Å². The highest BCUT2D eigenvalue weighted by Gasteiger charge is 2.07. The van der Waals surface area contributed by atoms with Crippen molar-refractivity contribution >= 4 is 5.91 Å². The molecular weight excluding hydrogens is 223 g/mol. The Kier molecular flexibility index (Phi) is 3.13. The summed E-state index contributed by atoms with van der Waals surface area (Å²) in [4.78, 5) is 19.2. The third-order valence-corrected chi connectivity index (χ3v) is 2.31. The van der Waals surface area contributed by atoms with Gasteiger partial charge >= 0.3 is 0 Å². The molecule has 0 aliphatic heterocycles. The van der Waals surface area contributed by atoms with Gasteiger partial charge in [-0.1, -0.05) is 0 Å². The number of hydrogen-bond donors (Lipinski definition) is 1. The molecule has 0 aliphatic carbocycles. The zero-order chi connectivity index (χ0) is 12.3. The van der Waals surface area contributed by atoms with Gasteiger partial charge in [-0.05, 0) is 6.07 Å². The molecule has 0 unspecified atom stereocenters. The monoisotopic (exact) mass is 234 g/mol. The van der Waals surface area contributed by atoms with Crippen molar-refractivity contribution < 1.29 is 9.18 Å². The maximum absolute atomic E-state index is 12.8. The van der Waals surface area contributed by atoms with E-state index in [0.29, 0.717) is 6.54 Å². The van der Waals surface area contributed by atoms with Crippen LogP contribution in [0.3, 0.4) is 0 Å². The molecule has 17 heavy (non-hydrogen) atoms. The summed E-state index contributed by atoms with van der Waals surface area (Å²) < 4.78 is 14.6. The second-order valence-corrected chi connectivity index (χ2v) is 3.57. The first kappa shape index (κ1) is 11.3. The molecule has 2 aromatic rings. The molecular formula is C11H11FN4O. The van der Waals surface area contributed by atoms with Gasteiger partial charge in [0.25, 0.3) is 5.91 Å². The summed E-state index contributed by atoms with van der Waals surface area (Å²) in [5, 5.41) is 2.66. The molecule has 0 bridgehead atoms. The number of aryl methyl sites for hydroxylation is 1. The summed E-state index contributed by atoms with van der Waals surface area (Å²) in [6.45, 7) is 0.339. The van der Waals surface area contributed by atoms with Gasteiger partial charge in [0, 0.05) is 19.4 Å². The molecule has 88 valence electrons. The van der Waals surface area contributed by atoms with Crippen LogP contribution >= 0.6 is 0 Å². The van der Waals surface area contributed by atoms with Crippen LogP contribution in [0.15, 0.2) is 31.0 Å². The summed E-state index contributed by atoms with van der Waals surface area (Å²) in [7, 11) is 1.83. The maximum atomic E-state index is 12.8. The molecule has 2 rings (SSSR count). The molecule has 0 saturated carbocycles. The van der Waals surface area contributed by atoms with Crippen LogP contribution in [0, 0.1) is 5.82 Å². The Balaban J connectivity index is 2.01. The van der Waals surface area contributed by atoms with Crippen molar-refractivity contribution in [2.75, 3.05) is 0 Å². The number of halogens is 1. The van der Waals surface area contributed by atoms with E-state index < -0.39 is 5.82 Å². The van der Waals surface area contributed by atoms with Gasteiger partial charge in [0.2, 0.25) is 0 Å². The van der Waals surface area contributed by atoms with Gasteiger partial charge in [0.05, 0.1) is 30.3 Å². The Morgan fingerprint density at radius 1 is 1.41 bits per heavy atom. The molecule has 1 amide bonds. The lowest BCUT2D eigenvalue weighted by Crippen LogP contribution is -2.24. The van der Waals surface area contributed by atoms with E-state index in [1.165, 1.54) is 6.20 Å². The molecule has 0 saturated heterocycles. The SMILES string of the molecule is Cn1cncc1CNC(=O)c1cncc(F)c1.